The largest absolute Gasteiger partial charge is 0.504 e. The van der Waals surface area contributed by atoms with Crippen molar-refractivity contribution in [3.63, 3.8) is 0 Å². The van der Waals surface area contributed by atoms with E-state index in [1.54, 1.807) is 48.5 Å². The summed E-state index contributed by atoms with van der Waals surface area (Å²) >= 11 is 0. The molecular weight excluding hydrogens is 661 g/mol. The van der Waals surface area contributed by atoms with E-state index in [2.05, 4.69) is 6.92 Å². The number of aryl methyl sites for hydroxylation is 4. The van der Waals surface area contributed by atoms with Gasteiger partial charge in [0.2, 0.25) is 0 Å². The SMILES string of the molecule is CCCc1ccc(OS(=O)(=O)c2ccc(C)cc2)c(O)c1.CCCc1ccc(OS(=O)(=O)c2ccc(C)cc2)c(OCc2ccccc2)c1. The molecule has 0 bridgehead atoms. The molecule has 0 unspecified atom stereocenters. The van der Waals surface area contributed by atoms with Crippen molar-refractivity contribution in [3.05, 3.63) is 143 Å². The molecule has 0 aliphatic rings. The molecule has 258 valence electrons. The number of phenols is 1. The van der Waals surface area contributed by atoms with E-state index in [1.807, 2.05) is 63.2 Å². The third-order valence-corrected chi connectivity index (χ3v) is 9.86. The molecule has 0 atom stereocenters. The molecular formula is C39H42O8S2. The molecule has 8 nitrogen and oxygen atoms in total. The van der Waals surface area contributed by atoms with Gasteiger partial charge in [0.15, 0.2) is 23.0 Å². The quantitative estimate of drug-likeness (QED) is 0.121. The summed E-state index contributed by atoms with van der Waals surface area (Å²) in [5.41, 5.74) is 4.95. The van der Waals surface area contributed by atoms with Crippen molar-refractivity contribution in [2.24, 2.45) is 0 Å². The van der Waals surface area contributed by atoms with Crippen LogP contribution >= 0.6 is 0 Å². The highest BCUT2D eigenvalue weighted by Gasteiger charge is 2.20. The lowest BCUT2D eigenvalue weighted by Crippen LogP contribution is -2.11. The fourth-order valence-electron chi connectivity index (χ4n) is 4.73. The van der Waals surface area contributed by atoms with Crippen LogP contribution in [0.3, 0.4) is 0 Å². The normalized spacial score (nSPS) is 11.3. The van der Waals surface area contributed by atoms with Crippen molar-refractivity contribution in [3.8, 4) is 23.0 Å². The minimum Gasteiger partial charge on any atom is -0.504 e. The number of rotatable bonds is 13. The molecule has 0 aromatic heterocycles. The zero-order valence-electron chi connectivity index (χ0n) is 28.1. The van der Waals surface area contributed by atoms with E-state index >= 15 is 0 Å². The zero-order valence-corrected chi connectivity index (χ0v) is 29.8. The first-order chi connectivity index (χ1) is 23.4. The summed E-state index contributed by atoms with van der Waals surface area (Å²) in [5.74, 6) is 0.383. The first-order valence-corrected chi connectivity index (χ1v) is 18.9. The molecule has 0 fully saturated rings. The van der Waals surface area contributed by atoms with E-state index < -0.39 is 20.2 Å². The minimum atomic E-state index is -3.94. The molecule has 0 heterocycles. The minimum absolute atomic E-state index is 0.0598. The average Bonchev–Trinajstić information content (AvgIpc) is 3.07. The van der Waals surface area contributed by atoms with Crippen molar-refractivity contribution >= 4 is 20.2 Å². The molecule has 0 aliphatic heterocycles. The Labute approximate surface area is 290 Å². The second-order valence-electron chi connectivity index (χ2n) is 11.6. The monoisotopic (exact) mass is 702 g/mol. The van der Waals surface area contributed by atoms with Gasteiger partial charge in [-0.3, -0.25) is 0 Å². The molecule has 0 saturated carbocycles. The van der Waals surface area contributed by atoms with Crippen LogP contribution in [0.25, 0.3) is 0 Å². The van der Waals surface area contributed by atoms with E-state index in [9.17, 15) is 21.9 Å². The van der Waals surface area contributed by atoms with Gasteiger partial charge >= 0.3 is 20.2 Å². The van der Waals surface area contributed by atoms with Crippen molar-refractivity contribution in [2.75, 3.05) is 0 Å². The average molecular weight is 703 g/mol. The van der Waals surface area contributed by atoms with Crippen LogP contribution in [0.1, 0.15) is 54.5 Å². The standard InChI is InChI=1S/C23H24O4S.C16H18O4S/c1-3-7-19-12-15-22(23(16-19)26-17-20-8-5-4-6-9-20)27-28(24,25)21-13-10-18(2)11-14-21;1-3-4-13-7-10-16(15(17)11-13)20-21(18,19)14-8-5-12(2)6-9-14/h4-6,8-16H,3,7,17H2,1-2H3;5-11,17H,3-4H2,1-2H3. The third-order valence-electron chi connectivity index (χ3n) is 7.36. The van der Waals surface area contributed by atoms with Crippen LogP contribution in [0.15, 0.2) is 125 Å². The van der Waals surface area contributed by atoms with Crippen LogP contribution in [0.2, 0.25) is 0 Å². The van der Waals surface area contributed by atoms with E-state index in [-0.39, 0.29) is 27.0 Å². The first kappa shape index (κ1) is 37.0. The maximum atomic E-state index is 12.7. The molecule has 5 aromatic rings. The third kappa shape index (κ3) is 10.9. The maximum absolute atomic E-state index is 12.7. The lowest BCUT2D eigenvalue weighted by Gasteiger charge is -2.14. The number of phenolic OH excluding ortho intramolecular Hbond substituents is 1. The predicted octanol–water partition coefficient (Wildman–Crippen LogP) is 8.72. The molecule has 0 saturated heterocycles. The Kier molecular flexibility index (Phi) is 12.9. The number of hydrogen-bond acceptors (Lipinski definition) is 8. The van der Waals surface area contributed by atoms with E-state index in [0.717, 1.165) is 53.5 Å². The predicted molar refractivity (Wildman–Crippen MR) is 191 cm³/mol. The Balaban J connectivity index is 0.000000230. The number of benzene rings is 5. The fourth-order valence-corrected chi connectivity index (χ4v) is 6.62. The molecule has 5 aromatic carbocycles. The molecule has 49 heavy (non-hydrogen) atoms. The van der Waals surface area contributed by atoms with Crippen molar-refractivity contribution in [2.45, 2.75) is 69.8 Å². The van der Waals surface area contributed by atoms with Gasteiger partial charge in [-0.1, -0.05) is 105 Å². The second-order valence-corrected chi connectivity index (χ2v) is 14.7. The summed E-state index contributed by atoms with van der Waals surface area (Å²) in [6.07, 6.45) is 3.63. The summed E-state index contributed by atoms with van der Waals surface area (Å²) in [5, 5.41) is 9.88. The van der Waals surface area contributed by atoms with Crippen molar-refractivity contribution in [1.82, 2.24) is 0 Å². The summed E-state index contributed by atoms with van der Waals surface area (Å²) in [4.78, 5) is 0.176. The Hall–Kier alpha value is -4.80. The highest BCUT2D eigenvalue weighted by molar-refractivity contribution is 7.87. The number of aromatic hydroxyl groups is 1. The van der Waals surface area contributed by atoms with E-state index in [0.29, 0.717) is 12.4 Å². The van der Waals surface area contributed by atoms with Crippen LogP contribution < -0.4 is 13.1 Å². The molecule has 10 heteroatoms. The molecule has 5 rings (SSSR count). The van der Waals surface area contributed by atoms with Gasteiger partial charge in [0.25, 0.3) is 0 Å². The first-order valence-electron chi connectivity index (χ1n) is 16.0. The Bertz CT molecular complexity index is 2020. The maximum Gasteiger partial charge on any atom is 0.339 e. The highest BCUT2D eigenvalue weighted by atomic mass is 32.2. The molecule has 1 N–H and O–H groups in total. The Morgan fingerprint density at radius 3 is 1.49 bits per heavy atom. The lowest BCUT2D eigenvalue weighted by atomic mass is 10.1. The van der Waals surface area contributed by atoms with Crippen LogP contribution in [0.5, 0.6) is 23.0 Å². The molecule has 0 radical (unpaired) electrons. The Morgan fingerprint density at radius 2 is 1.00 bits per heavy atom. The van der Waals surface area contributed by atoms with Gasteiger partial charge in [0.1, 0.15) is 16.4 Å². The Morgan fingerprint density at radius 1 is 0.531 bits per heavy atom. The van der Waals surface area contributed by atoms with E-state index in [4.69, 9.17) is 13.1 Å². The summed E-state index contributed by atoms with van der Waals surface area (Å²) < 4.78 is 66.0. The van der Waals surface area contributed by atoms with Crippen LogP contribution in [0, 0.1) is 13.8 Å². The summed E-state index contributed by atoms with van der Waals surface area (Å²) in [6, 6.07) is 32.8. The van der Waals surface area contributed by atoms with Crippen LogP contribution in [-0.2, 0) is 39.7 Å². The topological polar surface area (TPSA) is 116 Å². The summed E-state index contributed by atoms with van der Waals surface area (Å²) in [7, 11) is -7.88. The fraction of sp³-hybridized carbons (Fsp3) is 0.231. The molecule has 0 amide bonds. The van der Waals surface area contributed by atoms with Gasteiger partial charge in [-0.25, -0.2) is 0 Å². The highest BCUT2D eigenvalue weighted by Crippen LogP contribution is 2.33. The van der Waals surface area contributed by atoms with Gasteiger partial charge in [0, 0.05) is 0 Å². The van der Waals surface area contributed by atoms with Gasteiger partial charge in [-0.15, -0.1) is 0 Å². The van der Waals surface area contributed by atoms with Gasteiger partial charge in [-0.2, -0.15) is 16.8 Å². The van der Waals surface area contributed by atoms with Gasteiger partial charge in [0.05, 0.1) is 0 Å². The zero-order chi connectivity index (χ0) is 35.4. The van der Waals surface area contributed by atoms with Crippen molar-refractivity contribution in [1.29, 1.82) is 0 Å². The van der Waals surface area contributed by atoms with Gasteiger partial charge in [-0.05, 0) is 91.9 Å². The molecule has 0 spiro atoms. The number of ether oxygens (including phenoxy) is 1. The van der Waals surface area contributed by atoms with Crippen LogP contribution in [0.4, 0.5) is 0 Å². The number of hydrogen-bond donors (Lipinski definition) is 1. The smallest absolute Gasteiger partial charge is 0.339 e. The second kappa shape index (κ2) is 17.0. The van der Waals surface area contributed by atoms with Gasteiger partial charge < -0.3 is 18.2 Å². The van der Waals surface area contributed by atoms with Crippen LogP contribution in [-0.4, -0.2) is 21.9 Å². The summed E-state index contributed by atoms with van der Waals surface area (Å²) in [6.45, 7) is 8.23. The van der Waals surface area contributed by atoms with Crippen molar-refractivity contribution < 1.29 is 35.0 Å². The van der Waals surface area contributed by atoms with E-state index in [1.165, 1.54) is 24.3 Å². The lowest BCUT2D eigenvalue weighted by molar-refractivity contribution is 0.296. The molecule has 0 aliphatic carbocycles.